The normalized spacial score (nSPS) is 14.1. The third-order valence-corrected chi connectivity index (χ3v) is 6.82. The maximum atomic E-state index is 13.2. The van der Waals surface area contributed by atoms with Crippen LogP contribution < -0.4 is 21.5 Å². The van der Waals surface area contributed by atoms with Crippen molar-refractivity contribution in [2.24, 2.45) is 0 Å². The number of piperidine rings is 1. The highest BCUT2D eigenvalue weighted by atomic mass is 32.1. The van der Waals surface area contributed by atoms with Gasteiger partial charge < -0.3 is 10.2 Å². The molecule has 33 heavy (non-hydrogen) atoms. The SMILES string of the molecule is CC(=O)c1ccc(NC(=O)Cn2c(=O)n(C(C)C)c(=O)c3sc(N4CCCCC4)nc32)cc1. The number of thiazole rings is 1. The third kappa shape index (κ3) is 4.61. The van der Waals surface area contributed by atoms with Crippen LogP contribution in [0.1, 0.15) is 56.4 Å². The predicted octanol–water partition coefficient (Wildman–Crippen LogP) is 3.03. The topological polar surface area (TPSA) is 106 Å². The van der Waals surface area contributed by atoms with Gasteiger partial charge in [0.2, 0.25) is 5.91 Å². The van der Waals surface area contributed by atoms with Crippen LogP contribution in [0.4, 0.5) is 10.8 Å². The van der Waals surface area contributed by atoms with Crippen LogP contribution in [-0.2, 0) is 11.3 Å². The van der Waals surface area contributed by atoms with Gasteiger partial charge in [-0.25, -0.2) is 9.78 Å². The molecule has 0 saturated carbocycles. The lowest BCUT2D eigenvalue weighted by atomic mass is 10.1. The molecule has 1 amide bonds. The molecular formula is C23H27N5O4S. The highest BCUT2D eigenvalue weighted by Crippen LogP contribution is 2.28. The number of nitrogens with one attached hydrogen (secondary N) is 1. The zero-order chi connectivity index (χ0) is 23.7. The van der Waals surface area contributed by atoms with Crippen molar-refractivity contribution in [1.82, 2.24) is 14.1 Å². The number of amides is 1. The molecule has 9 nitrogen and oxygen atoms in total. The van der Waals surface area contributed by atoms with Gasteiger partial charge >= 0.3 is 5.69 Å². The van der Waals surface area contributed by atoms with Gasteiger partial charge in [-0.2, -0.15) is 0 Å². The van der Waals surface area contributed by atoms with Crippen LogP contribution in [0.25, 0.3) is 10.3 Å². The summed E-state index contributed by atoms with van der Waals surface area (Å²) in [6.07, 6.45) is 3.29. The Hall–Kier alpha value is -3.27. The summed E-state index contributed by atoms with van der Waals surface area (Å²) in [5, 5.41) is 3.46. The second-order valence-corrected chi connectivity index (χ2v) is 9.49. The van der Waals surface area contributed by atoms with Crippen molar-refractivity contribution in [1.29, 1.82) is 0 Å². The second-order valence-electron chi connectivity index (χ2n) is 8.52. The van der Waals surface area contributed by atoms with Crippen molar-refractivity contribution < 1.29 is 9.59 Å². The summed E-state index contributed by atoms with van der Waals surface area (Å²) < 4.78 is 2.83. The number of rotatable bonds is 6. The molecule has 1 aliphatic heterocycles. The summed E-state index contributed by atoms with van der Waals surface area (Å²) in [5.74, 6) is -0.485. The summed E-state index contributed by atoms with van der Waals surface area (Å²) in [6, 6.07) is 6.18. The molecule has 1 aromatic carbocycles. The number of carbonyl (C=O) groups excluding carboxylic acids is 2. The summed E-state index contributed by atoms with van der Waals surface area (Å²) in [7, 11) is 0. The molecule has 1 N–H and O–H groups in total. The lowest BCUT2D eigenvalue weighted by molar-refractivity contribution is -0.116. The van der Waals surface area contributed by atoms with Crippen LogP contribution >= 0.6 is 11.3 Å². The van der Waals surface area contributed by atoms with Crippen LogP contribution in [0.15, 0.2) is 33.9 Å². The largest absolute Gasteiger partial charge is 0.348 e. The van der Waals surface area contributed by atoms with E-state index in [1.165, 1.54) is 33.8 Å². The van der Waals surface area contributed by atoms with Crippen molar-refractivity contribution >= 4 is 44.2 Å². The van der Waals surface area contributed by atoms with Gasteiger partial charge in [-0.3, -0.25) is 23.5 Å². The van der Waals surface area contributed by atoms with E-state index in [2.05, 4.69) is 15.2 Å². The Morgan fingerprint density at radius 2 is 1.76 bits per heavy atom. The summed E-state index contributed by atoms with van der Waals surface area (Å²) >= 11 is 1.28. The minimum absolute atomic E-state index is 0.0641. The van der Waals surface area contributed by atoms with Gasteiger partial charge in [0.05, 0.1) is 0 Å². The van der Waals surface area contributed by atoms with Gasteiger partial charge in [-0.15, -0.1) is 0 Å². The lowest BCUT2D eigenvalue weighted by Crippen LogP contribution is -2.42. The number of hydrogen-bond donors (Lipinski definition) is 1. The summed E-state index contributed by atoms with van der Waals surface area (Å²) in [5.41, 5.74) is 0.373. The number of benzene rings is 1. The van der Waals surface area contributed by atoms with Crippen molar-refractivity contribution in [3.8, 4) is 0 Å². The van der Waals surface area contributed by atoms with E-state index in [-0.39, 0.29) is 29.6 Å². The van der Waals surface area contributed by atoms with E-state index in [1.54, 1.807) is 38.1 Å². The lowest BCUT2D eigenvalue weighted by Gasteiger charge is -2.25. The first-order chi connectivity index (χ1) is 15.8. The summed E-state index contributed by atoms with van der Waals surface area (Å²) in [4.78, 5) is 57.3. The van der Waals surface area contributed by atoms with Gasteiger partial charge in [0, 0.05) is 30.4 Å². The van der Waals surface area contributed by atoms with Crippen LogP contribution in [-0.4, -0.2) is 38.9 Å². The quantitative estimate of drug-likeness (QED) is 0.556. The van der Waals surface area contributed by atoms with E-state index in [9.17, 15) is 19.2 Å². The number of anilines is 2. The number of Topliss-reactive ketones (excluding diaryl/α,β-unsaturated/α-hetero) is 1. The molecule has 1 aliphatic rings. The van der Waals surface area contributed by atoms with Gasteiger partial charge in [-0.05, 0) is 64.3 Å². The van der Waals surface area contributed by atoms with Gasteiger partial charge in [0.15, 0.2) is 16.6 Å². The van der Waals surface area contributed by atoms with E-state index < -0.39 is 11.6 Å². The zero-order valence-electron chi connectivity index (χ0n) is 19.0. The Bertz CT molecular complexity index is 1310. The van der Waals surface area contributed by atoms with Crippen LogP contribution in [0.2, 0.25) is 0 Å². The number of nitrogens with zero attached hydrogens (tertiary/aromatic N) is 4. The summed E-state index contributed by atoms with van der Waals surface area (Å²) in [6.45, 7) is 6.45. The highest BCUT2D eigenvalue weighted by molar-refractivity contribution is 7.22. The molecular weight excluding hydrogens is 442 g/mol. The third-order valence-electron chi connectivity index (χ3n) is 5.72. The number of ketones is 1. The molecule has 0 spiro atoms. The zero-order valence-corrected chi connectivity index (χ0v) is 19.8. The molecule has 0 unspecified atom stereocenters. The second kappa shape index (κ2) is 9.30. The molecule has 4 rings (SSSR count). The Morgan fingerprint density at radius 1 is 1.09 bits per heavy atom. The fourth-order valence-corrected chi connectivity index (χ4v) is 5.05. The minimum atomic E-state index is -0.555. The van der Waals surface area contributed by atoms with Gasteiger partial charge in [0.1, 0.15) is 11.2 Å². The Morgan fingerprint density at radius 3 is 2.36 bits per heavy atom. The molecule has 1 saturated heterocycles. The van der Waals surface area contributed by atoms with Gasteiger partial charge in [-0.1, -0.05) is 11.3 Å². The minimum Gasteiger partial charge on any atom is -0.348 e. The van der Waals surface area contributed by atoms with E-state index >= 15 is 0 Å². The van der Waals surface area contributed by atoms with Crippen molar-refractivity contribution in [3.05, 3.63) is 50.7 Å². The molecule has 0 aliphatic carbocycles. The Balaban J connectivity index is 1.71. The maximum Gasteiger partial charge on any atom is 0.333 e. The van der Waals surface area contributed by atoms with Crippen molar-refractivity contribution in [2.45, 2.75) is 52.6 Å². The standard InChI is InChI=1S/C23H27N5O4S/c1-14(2)28-21(31)19-20(25-22(33-19)26-11-5-4-6-12-26)27(23(28)32)13-18(30)24-17-9-7-16(8-10-17)15(3)29/h7-10,14H,4-6,11-13H2,1-3H3,(H,24,30). The van der Waals surface area contributed by atoms with E-state index in [4.69, 9.17) is 0 Å². The van der Waals surface area contributed by atoms with Crippen molar-refractivity contribution in [2.75, 3.05) is 23.3 Å². The molecule has 3 aromatic rings. The molecule has 2 aromatic heterocycles. The fraction of sp³-hybridized carbons (Fsp3) is 0.435. The van der Waals surface area contributed by atoms with Crippen LogP contribution in [0, 0.1) is 0 Å². The molecule has 0 radical (unpaired) electrons. The molecule has 0 bridgehead atoms. The number of fused-ring (bicyclic) bond motifs is 1. The molecule has 0 atom stereocenters. The average molecular weight is 470 g/mol. The van der Waals surface area contributed by atoms with E-state index in [0.717, 1.165) is 25.9 Å². The fourth-order valence-electron chi connectivity index (χ4n) is 3.99. The number of aromatic nitrogens is 3. The Kier molecular flexibility index (Phi) is 6.46. The monoisotopic (exact) mass is 469 g/mol. The van der Waals surface area contributed by atoms with Gasteiger partial charge in [0.25, 0.3) is 5.56 Å². The first-order valence-corrected chi connectivity index (χ1v) is 11.9. The van der Waals surface area contributed by atoms with Crippen LogP contribution in [0.3, 0.4) is 0 Å². The maximum absolute atomic E-state index is 13.2. The highest BCUT2D eigenvalue weighted by Gasteiger charge is 2.23. The van der Waals surface area contributed by atoms with E-state index in [1.807, 2.05) is 0 Å². The van der Waals surface area contributed by atoms with E-state index in [0.29, 0.717) is 21.1 Å². The molecule has 3 heterocycles. The molecule has 1 fully saturated rings. The Labute approximate surface area is 194 Å². The van der Waals surface area contributed by atoms with Crippen LogP contribution in [0.5, 0.6) is 0 Å². The predicted molar refractivity (Wildman–Crippen MR) is 130 cm³/mol. The molecule has 174 valence electrons. The molecule has 10 heteroatoms. The van der Waals surface area contributed by atoms with Crippen molar-refractivity contribution in [3.63, 3.8) is 0 Å². The average Bonchev–Trinajstić information content (AvgIpc) is 3.23. The number of hydrogen-bond acceptors (Lipinski definition) is 7. The first-order valence-electron chi connectivity index (χ1n) is 11.1. The first kappa shape index (κ1) is 22.9. The number of carbonyl (C=O) groups is 2. The smallest absolute Gasteiger partial charge is 0.333 e.